The number of aromatic nitrogens is 2. The smallest absolute Gasteiger partial charge is 0.330 e. The molecule has 0 aliphatic rings. The number of benzene rings is 1. The van der Waals surface area contributed by atoms with Gasteiger partial charge in [-0.2, -0.15) is 0 Å². The molecule has 0 bridgehead atoms. The second kappa shape index (κ2) is 11.2. The minimum atomic E-state index is -0.551. The van der Waals surface area contributed by atoms with E-state index in [0.29, 0.717) is 19.0 Å². The Morgan fingerprint density at radius 1 is 1.26 bits per heavy atom. The molecule has 0 saturated heterocycles. The molecule has 2 rings (SSSR count). The van der Waals surface area contributed by atoms with Crippen molar-refractivity contribution in [2.24, 2.45) is 5.92 Å². The monoisotopic (exact) mass is 433 g/mol. The van der Waals surface area contributed by atoms with Crippen LogP contribution in [0.25, 0.3) is 0 Å². The van der Waals surface area contributed by atoms with E-state index >= 15 is 0 Å². The molecular formula is C21H31N5O5. The number of hydrogen-bond acceptors (Lipinski definition) is 7. The molecule has 3 N–H and O–H groups in total. The van der Waals surface area contributed by atoms with Crippen LogP contribution in [0.1, 0.15) is 40.0 Å². The summed E-state index contributed by atoms with van der Waals surface area (Å²) in [5.74, 6) is 0.660. The number of hydrogen-bond donors (Lipinski definition) is 2. The van der Waals surface area contributed by atoms with Crippen LogP contribution in [0.3, 0.4) is 0 Å². The van der Waals surface area contributed by atoms with Gasteiger partial charge < -0.3 is 15.4 Å². The average molecular weight is 434 g/mol. The summed E-state index contributed by atoms with van der Waals surface area (Å²) in [6.45, 7) is 7.46. The van der Waals surface area contributed by atoms with E-state index in [-0.39, 0.29) is 36.1 Å². The van der Waals surface area contributed by atoms with Crippen LogP contribution in [-0.4, -0.2) is 34.2 Å². The number of nitro groups is 1. The zero-order chi connectivity index (χ0) is 23.0. The molecule has 0 atom stereocenters. The number of rotatable bonds is 12. The Kier molecular flexibility index (Phi) is 8.65. The standard InChI is InChI=1S/C21H31N5O5/c1-4-5-11-25-19(22)18(20(27)23-21(25)28)24(12-10-15(2)3)13-14-31-17-9-7-6-8-16(17)26(29)30/h6-9,15H,4-5,10-14,22H2,1-3H3,(H,23,27,28). The molecule has 31 heavy (non-hydrogen) atoms. The lowest BCUT2D eigenvalue weighted by Gasteiger charge is -2.27. The Bertz CT molecular complexity index is 998. The van der Waals surface area contributed by atoms with Crippen LogP contribution < -0.4 is 26.6 Å². The Labute approximate surface area is 180 Å². The zero-order valence-corrected chi connectivity index (χ0v) is 18.3. The Morgan fingerprint density at radius 3 is 2.61 bits per heavy atom. The van der Waals surface area contributed by atoms with E-state index in [1.165, 1.54) is 16.7 Å². The van der Waals surface area contributed by atoms with Gasteiger partial charge in [0.15, 0.2) is 5.75 Å². The number of nitrogens with two attached hydrogens (primary N) is 1. The lowest BCUT2D eigenvalue weighted by molar-refractivity contribution is -0.385. The van der Waals surface area contributed by atoms with Crippen molar-refractivity contribution in [1.29, 1.82) is 0 Å². The summed E-state index contributed by atoms with van der Waals surface area (Å²) in [4.78, 5) is 39.7. The molecule has 10 nitrogen and oxygen atoms in total. The van der Waals surface area contributed by atoms with Crippen molar-refractivity contribution >= 4 is 17.2 Å². The summed E-state index contributed by atoms with van der Waals surface area (Å²) in [5, 5.41) is 11.2. The molecule has 2 aromatic rings. The van der Waals surface area contributed by atoms with E-state index in [1.54, 1.807) is 17.0 Å². The molecule has 0 fully saturated rings. The summed E-state index contributed by atoms with van der Waals surface area (Å²) in [6, 6.07) is 6.13. The van der Waals surface area contributed by atoms with E-state index in [1.807, 2.05) is 6.92 Å². The Hall–Kier alpha value is -3.30. The van der Waals surface area contributed by atoms with Crippen molar-refractivity contribution in [1.82, 2.24) is 9.55 Å². The van der Waals surface area contributed by atoms with Crippen LogP contribution in [0.4, 0.5) is 17.2 Å². The first-order valence-corrected chi connectivity index (χ1v) is 10.5. The van der Waals surface area contributed by atoms with Gasteiger partial charge in [-0.25, -0.2) is 4.79 Å². The molecule has 10 heteroatoms. The van der Waals surface area contributed by atoms with Crippen molar-refractivity contribution in [3.63, 3.8) is 0 Å². The highest BCUT2D eigenvalue weighted by molar-refractivity contribution is 5.62. The van der Waals surface area contributed by atoms with Gasteiger partial charge in [0, 0.05) is 19.2 Å². The minimum Gasteiger partial charge on any atom is -0.485 e. The molecule has 0 aliphatic heterocycles. The average Bonchev–Trinajstić information content (AvgIpc) is 2.71. The number of nitro benzene ring substituents is 1. The number of ether oxygens (including phenoxy) is 1. The lowest BCUT2D eigenvalue weighted by Crippen LogP contribution is -2.40. The molecule has 0 amide bonds. The molecule has 0 aliphatic carbocycles. The molecule has 170 valence electrons. The van der Waals surface area contributed by atoms with Crippen LogP contribution in [0, 0.1) is 16.0 Å². The molecule has 1 aromatic heterocycles. The van der Waals surface area contributed by atoms with Crippen molar-refractivity contribution < 1.29 is 9.66 Å². The third-order valence-electron chi connectivity index (χ3n) is 4.92. The van der Waals surface area contributed by atoms with E-state index in [4.69, 9.17) is 10.5 Å². The maximum Gasteiger partial charge on any atom is 0.330 e. The number of para-hydroxylation sites is 2. The molecule has 0 spiro atoms. The molecule has 1 aromatic carbocycles. The lowest BCUT2D eigenvalue weighted by atomic mass is 10.1. The van der Waals surface area contributed by atoms with Gasteiger partial charge in [-0.05, 0) is 24.8 Å². The van der Waals surface area contributed by atoms with E-state index < -0.39 is 16.2 Å². The predicted molar refractivity (Wildman–Crippen MR) is 121 cm³/mol. The topological polar surface area (TPSA) is 136 Å². The molecule has 0 saturated carbocycles. The summed E-state index contributed by atoms with van der Waals surface area (Å²) >= 11 is 0. The first kappa shape index (κ1) is 24.0. The maximum absolute atomic E-state index is 12.6. The van der Waals surface area contributed by atoms with E-state index in [2.05, 4.69) is 18.8 Å². The third-order valence-corrected chi connectivity index (χ3v) is 4.92. The molecule has 0 radical (unpaired) electrons. The first-order valence-electron chi connectivity index (χ1n) is 10.5. The number of H-pyrrole nitrogens is 1. The van der Waals surface area contributed by atoms with Crippen LogP contribution >= 0.6 is 0 Å². The normalized spacial score (nSPS) is 11.0. The fourth-order valence-corrected chi connectivity index (χ4v) is 3.17. The first-order chi connectivity index (χ1) is 14.8. The predicted octanol–water partition coefficient (Wildman–Crippen LogP) is 2.76. The van der Waals surface area contributed by atoms with Gasteiger partial charge in [0.25, 0.3) is 5.56 Å². The highest BCUT2D eigenvalue weighted by Gasteiger charge is 2.20. The van der Waals surface area contributed by atoms with Crippen molar-refractivity contribution in [2.45, 2.75) is 46.6 Å². The van der Waals surface area contributed by atoms with Gasteiger partial charge in [0.1, 0.15) is 18.1 Å². The fraction of sp³-hybridized carbons (Fsp3) is 0.524. The SMILES string of the molecule is CCCCn1c(N)c(N(CCOc2ccccc2[N+](=O)[O-])CCC(C)C)c(=O)[nH]c1=O. The number of unbranched alkanes of at least 4 members (excludes halogenated alkanes) is 1. The van der Waals surface area contributed by atoms with Crippen molar-refractivity contribution in [3.8, 4) is 5.75 Å². The molecule has 0 unspecified atom stereocenters. The van der Waals surface area contributed by atoms with Crippen LogP contribution in [-0.2, 0) is 6.54 Å². The largest absolute Gasteiger partial charge is 0.485 e. The Morgan fingerprint density at radius 2 is 1.97 bits per heavy atom. The van der Waals surface area contributed by atoms with E-state index in [0.717, 1.165) is 19.3 Å². The van der Waals surface area contributed by atoms with Crippen molar-refractivity contribution in [3.05, 3.63) is 55.2 Å². The minimum absolute atomic E-state index is 0.107. The molecular weight excluding hydrogens is 402 g/mol. The van der Waals surface area contributed by atoms with Crippen LogP contribution in [0.15, 0.2) is 33.9 Å². The summed E-state index contributed by atoms with van der Waals surface area (Å²) < 4.78 is 7.03. The number of nitrogens with one attached hydrogen (secondary N) is 1. The van der Waals surface area contributed by atoms with Gasteiger partial charge in [0.05, 0.1) is 11.5 Å². The summed E-state index contributed by atoms with van der Waals surface area (Å²) in [6.07, 6.45) is 2.42. The Balaban J connectivity index is 2.30. The zero-order valence-electron chi connectivity index (χ0n) is 18.3. The number of aromatic amines is 1. The second-order valence-electron chi connectivity index (χ2n) is 7.74. The van der Waals surface area contributed by atoms with Gasteiger partial charge in [-0.1, -0.05) is 39.3 Å². The van der Waals surface area contributed by atoms with Crippen LogP contribution in [0.2, 0.25) is 0 Å². The van der Waals surface area contributed by atoms with Crippen LogP contribution in [0.5, 0.6) is 5.75 Å². The van der Waals surface area contributed by atoms with Crippen molar-refractivity contribution in [2.75, 3.05) is 30.3 Å². The number of nitrogens with zero attached hydrogens (tertiary/aromatic N) is 3. The number of nitrogen functional groups attached to an aromatic ring is 1. The third kappa shape index (κ3) is 6.34. The van der Waals surface area contributed by atoms with E-state index in [9.17, 15) is 19.7 Å². The quantitative estimate of drug-likeness (QED) is 0.388. The second-order valence-corrected chi connectivity index (χ2v) is 7.74. The maximum atomic E-state index is 12.6. The summed E-state index contributed by atoms with van der Waals surface area (Å²) in [7, 11) is 0. The van der Waals surface area contributed by atoms with Gasteiger partial charge >= 0.3 is 11.4 Å². The highest BCUT2D eigenvalue weighted by Crippen LogP contribution is 2.26. The van der Waals surface area contributed by atoms with Gasteiger partial charge in [-0.15, -0.1) is 0 Å². The molecule has 1 heterocycles. The van der Waals surface area contributed by atoms with Gasteiger partial charge in [0.2, 0.25) is 0 Å². The van der Waals surface area contributed by atoms with Gasteiger partial charge in [-0.3, -0.25) is 24.5 Å². The summed E-state index contributed by atoms with van der Waals surface area (Å²) in [5.41, 5.74) is 5.27. The number of anilines is 2. The highest BCUT2D eigenvalue weighted by atomic mass is 16.6. The fourth-order valence-electron chi connectivity index (χ4n) is 3.17.